The van der Waals surface area contributed by atoms with Crippen LogP contribution in [0.4, 0.5) is 0 Å². The maximum Gasteiger partial charge on any atom is 0.164 e. The third-order valence-corrected chi connectivity index (χ3v) is 2.36. The van der Waals surface area contributed by atoms with Crippen LogP contribution in [0.1, 0.15) is 0 Å². The van der Waals surface area contributed by atoms with E-state index in [2.05, 4.69) is 0 Å². The number of carbonyl (C=O) groups is 1. The highest BCUT2D eigenvalue weighted by Gasteiger charge is 2.14. The van der Waals surface area contributed by atoms with Gasteiger partial charge in [-0.1, -0.05) is 0 Å². The highest BCUT2D eigenvalue weighted by atomic mass is 31.1. The van der Waals surface area contributed by atoms with Crippen LogP contribution in [0.5, 0.6) is 0 Å². The van der Waals surface area contributed by atoms with Crippen LogP contribution in [0.15, 0.2) is 11.8 Å². The topological polar surface area (TPSA) is 43.1 Å². The molecule has 1 rings (SSSR count). The quantitative estimate of drug-likeness (QED) is 0.372. The van der Waals surface area contributed by atoms with Gasteiger partial charge < -0.3 is 5.73 Å². The summed E-state index contributed by atoms with van der Waals surface area (Å²) in [6.45, 7) is 0. The molecule has 1 atom stereocenters. The molecule has 0 saturated carbocycles. The van der Waals surface area contributed by atoms with Crippen LogP contribution < -0.4 is 5.73 Å². The summed E-state index contributed by atoms with van der Waals surface area (Å²) in [7, 11) is 0.778. The van der Waals surface area contributed by atoms with Gasteiger partial charge in [-0.15, -0.1) is 8.58 Å². The Morgan fingerprint density at radius 1 is 1.62 bits per heavy atom. The van der Waals surface area contributed by atoms with Crippen molar-refractivity contribution in [3.63, 3.8) is 0 Å². The van der Waals surface area contributed by atoms with Crippen molar-refractivity contribution in [2.75, 3.05) is 12.3 Å². The zero-order valence-corrected chi connectivity index (χ0v) is 5.48. The van der Waals surface area contributed by atoms with Crippen LogP contribution in [0, 0.1) is 0 Å². The van der Waals surface area contributed by atoms with Gasteiger partial charge in [0.25, 0.3) is 0 Å². The van der Waals surface area contributed by atoms with Gasteiger partial charge in [0.05, 0.1) is 0 Å². The molecule has 2 N–H and O–H groups in total. The molecule has 0 aromatic heterocycles. The standard InChI is InChI=1S/C5H8NOP/c6-1-4-2-8-3-5(4)7/h1,8H,2-3,6H2/b4-1-. The number of Topliss-reactive ketones (excluding diaryl/α,β-unsaturated/α-hetero) is 1. The van der Waals surface area contributed by atoms with Gasteiger partial charge in [-0.2, -0.15) is 0 Å². The van der Waals surface area contributed by atoms with E-state index in [-0.39, 0.29) is 5.78 Å². The highest BCUT2D eigenvalue weighted by Crippen LogP contribution is 2.24. The number of nitrogens with two attached hydrogens (primary N) is 1. The zero-order valence-electron chi connectivity index (χ0n) is 4.48. The number of rotatable bonds is 0. The lowest BCUT2D eigenvalue weighted by Gasteiger charge is -1.84. The smallest absolute Gasteiger partial charge is 0.164 e. The molecule has 2 nitrogen and oxygen atoms in total. The summed E-state index contributed by atoms with van der Waals surface area (Å²) in [5, 5.41) is 0. The van der Waals surface area contributed by atoms with Gasteiger partial charge in [0, 0.05) is 17.9 Å². The first kappa shape index (κ1) is 5.77. The van der Waals surface area contributed by atoms with E-state index < -0.39 is 0 Å². The Balaban J connectivity index is 2.69. The summed E-state index contributed by atoms with van der Waals surface area (Å²) >= 11 is 0. The fourth-order valence-corrected chi connectivity index (χ4v) is 1.84. The Morgan fingerprint density at radius 3 is 2.62 bits per heavy atom. The molecule has 1 unspecified atom stereocenters. The van der Waals surface area contributed by atoms with E-state index in [4.69, 9.17) is 5.73 Å². The number of hydrogen-bond acceptors (Lipinski definition) is 2. The predicted molar refractivity (Wildman–Crippen MR) is 35.3 cm³/mol. The van der Waals surface area contributed by atoms with Crippen LogP contribution in [0.3, 0.4) is 0 Å². The van der Waals surface area contributed by atoms with E-state index in [1.54, 1.807) is 0 Å². The Hall–Kier alpha value is -0.360. The van der Waals surface area contributed by atoms with Gasteiger partial charge >= 0.3 is 0 Å². The van der Waals surface area contributed by atoms with Crippen molar-refractivity contribution in [3.8, 4) is 0 Å². The molecular formula is C5H8NOP. The molecule has 3 heteroatoms. The van der Waals surface area contributed by atoms with E-state index in [1.165, 1.54) is 6.20 Å². The number of allylic oxidation sites excluding steroid dienone is 1. The van der Waals surface area contributed by atoms with Crippen molar-refractivity contribution in [2.45, 2.75) is 0 Å². The SMILES string of the molecule is N/C=C1/CPCC1=O. The van der Waals surface area contributed by atoms with E-state index in [1.807, 2.05) is 0 Å². The maximum absolute atomic E-state index is 10.7. The number of ketones is 1. The lowest BCUT2D eigenvalue weighted by molar-refractivity contribution is -0.112. The summed E-state index contributed by atoms with van der Waals surface area (Å²) in [5.74, 6) is 0.242. The second-order valence-corrected chi connectivity index (χ2v) is 2.93. The van der Waals surface area contributed by atoms with Gasteiger partial charge in [-0.3, -0.25) is 4.79 Å². The first-order valence-electron chi connectivity index (χ1n) is 2.49. The van der Waals surface area contributed by atoms with Gasteiger partial charge in [0.1, 0.15) is 0 Å². The Labute approximate surface area is 49.9 Å². The normalized spacial score (nSPS) is 28.0. The van der Waals surface area contributed by atoms with Crippen molar-refractivity contribution in [1.29, 1.82) is 0 Å². The average Bonchev–Trinajstić information content (AvgIpc) is 2.14. The van der Waals surface area contributed by atoms with Crippen LogP contribution in [0.25, 0.3) is 0 Å². The van der Waals surface area contributed by atoms with Crippen molar-refractivity contribution in [2.24, 2.45) is 5.73 Å². The highest BCUT2D eigenvalue weighted by molar-refractivity contribution is 7.41. The number of hydrogen-bond donors (Lipinski definition) is 1. The molecule has 0 aromatic rings. The molecule has 1 aliphatic heterocycles. The predicted octanol–water partition coefficient (Wildman–Crippen LogP) is 0.0902. The molecule has 0 aromatic carbocycles. The van der Waals surface area contributed by atoms with Gasteiger partial charge in [-0.25, -0.2) is 0 Å². The molecule has 0 bridgehead atoms. The summed E-state index contributed by atoms with van der Waals surface area (Å²) in [5.41, 5.74) is 5.97. The van der Waals surface area contributed by atoms with E-state index in [0.29, 0.717) is 0 Å². The summed E-state index contributed by atoms with van der Waals surface area (Å²) in [6.07, 6.45) is 3.07. The van der Waals surface area contributed by atoms with Crippen LogP contribution in [0.2, 0.25) is 0 Å². The summed E-state index contributed by atoms with van der Waals surface area (Å²) in [4.78, 5) is 10.7. The first-order chi connectivity index (χ1) is 3.84. The van der Waals surface area contributed by atoms with Crippen molar-refractivity contribution in [3.05, 3.63) is 11.8 Å². The molecule has 0 amide bonds. The van der Waals surface area contributed by atoms with Crippen molar-refractivity contribution in [1.82, 2.24) is 0 Å². The molecule has 1 heterocycles. The molecule has 0 radical (unpaired) electrons. The minimum Gasteiger partial charge on any atom is -0.404 e. The molecule has 44 valence electrons. The third kappa shape index (κ3) is 0.896. The first-order valence-corrected chi connectivity index (χ1v) is 3.90. The Bertz CT molecular complexity index is 141. The molecule has 0 aliphatic carbocycles. The second-order valence-electron chi connectivity index (χ2n) is 1.72. The molecule has 8 heavy (non-hydrogen) atoms. The van der Waals surface area contributed by atoms with Crippen LogP contribution >= 0.6 is 8.58 Å². The largest absolute Gasteiger partial charge is 0.404 e. The second kappa shape index (κ2) is 2.27. The average molecular weight is 129 g/mol. The summed E-state index contributed by atoms with van der Waals surface area (Å²) < 4.78 is 0. The van der Waals surface area contributed by atoms with Crippen molar-refractivity contribution < 1.29 is 4.79 Å². The molecule has 0 spiro atoms. The Morgan fingerprint density at radius 2 is 2.38 bits per heavy atom. The number of carbonyl (C=O) groups excluding carboxylic acids is 1. The summed E-state index contributed by atoms with van der Waals surface area (Å²) in [6, 6.07) is 0. The lowest BCUT2D eigenvalue weighted by atomic mass is 10.2. The molecule has 1 aliphatic rings. The lowest BCUT2D eigenvalue weighted by Crippen LogP contribution is -1.99. The molecule has 1 fully saturated rings. The van der Waals surface area contributed by atoms with E-state index in [9.17, 15) is 4.79 Å². The Kier molecular flexibility index (Phi) is 1.64. The fraction of sp³-hybridized carbons (Fsp3) is 0.400. The van der Waals surface area contributed by atoms with Crippen molar-refractivity contribution >= 4 is 14.4 Å². The minimum atomic E-state index is 0.242. The van der Waals surface area contributed by atoms with E-state index in [0.717, 1.165) is 26.5 Å². The van der Waals surface area contributed by atoms with Gasteiger partial charge in [0.15, 0.2) is 5.78 Å². The zero-order chi connectivity index (χ0) is 5.98. The minimum absolute atomic E-state index is 0.242. The third-order valence-electron chi connectivity index (χ3n) is 1.16. The van der Waals surface area contributed by atoms with E-state index >= 15 is 0 Å². The van der Waals surface area contributed by atoms with Gasteiger partial charge in [-0.05, 0) is 6.16 Å². The van der Waals surface area contributed by atoms with Gasteiger partial charge in [0.2, 0.25) is 0 Å². The van der Waals surface area contributed by atoms with Crippen LogP contribution in [-0.2, 0) is 4.79 Å². The van der Waals surface area contributed by atoms with Crippen LogP contribution in [-0.4, -0.2) is 18.1 Å². The monoisotopic (exact) mass is 129 g/mol. The maximum atomic E-state index is 10.7. The fourth-order valence-electron chi connectivity index (χ4n) is 0.675. The molecular weight excluding hydrogens is 121 g/mol. The molecule has 1 saturated heterocycles.